The molecule has 0 fully saturated rings. The van der Waals surface area contributed by atoms with Gasteiger partial charge in [0.05, 0.1) is 28.8 Å². The molecule has 262 valence electrons. The molecular formula is C38H38F3N3O6. The van der Waals surface area contributed by atoms with Crippen molar-refractivity contribution >= 4 is 23.7 Å². The summed E-state index contributed by atoms with van der Waals surface area (Å²) in [5, 5.41) is 0. The zero-order valence-corrected chi connectivity index (χ0v) is 28.4. The quantitative estimate of drug-likeness (QED) is 0.115. The van der Waals surface area contributed by atoms with Gasteiger partial charge in [-0.25, -0.2) is 18.2 Å². The van der Waals surface area contributed by atoms with Crippen molar-refractivity contribution in [3.8, 4) is 11.5 Å². The molecule has 5 rings (SSSR count). The van der Waals surface area contributed by atoms with E-state index in [0.717, 1.165) is 35.6 Å². The number of oxazole rings is 1. The Labute approximate surface area is 288 Å². The van der Waals surface area contributed by atoms with Crippen LogP contribution < -0.4 is 0 Å². The van der Waals surface area contributed by atoms with Gasteiger partial charge in [0.2, 0.25) is 5.89 Å². The van der Waals surface area contributed by atoms with E-state index in [9.17, 15) is 28.0 Å². The molecule has 50 heavy (non-hydrogen) atoms. The Kier molecular flexibility index (Phi) is 10.6. The number of ether oxygens (including phenoxy) is 1. The Balaban J connectivity index is 1.61. The summed E-state index contributed by atoms with van der Waals surface area (Å²) in [5.41, 5.74) is 0.272. The van der Waals surface area contributed by atoms with E-state index in [-0.39, 0.29) is 53.4 Å². The van der Waals surface area contributed by atoms with Gasteiger partial charge in [0.1, 0.15) is 29.8 Å². The van der Waals surface area contributed by atoms with Crippen molar-refractivity contribution in [2.45, 2.75) is 65.6 Å². The molecule has 3 atom stereocenters. The lowest BCUT2D eigenvalue weighted by atomic mass is 9.82. The highest BCUT2D eigenvalue weighted by Crippen LogP contribution is 2.42. The van der Waals surface area contributed by atoms with Crippen molar-refractivity contribution in [2.75, 3.05) is 13.2 Å². The molecule has 4 aromatic rings. The van der Waals surface area contributed by atoms with E-state index < -0.39 is 65.6 Å². The molecule has 3 amide bonds. The third-order valence-electron chi connectivity index (χ3n) is 8.53. The summed E-state index contributed by atoms with van der Waals surface area (Å²) in [4.78, 5) is 59.6. The Morgan fingerprint density at radius 3 is 2.14 bits per heavy atom. The van der Waals surface area contributed by atoms with Crippen molar-refractivity contribution in [3.05, 3.63) is 113 Å². The van der Waals surface area contributed by atoms with E-state index in [0.29, 0.717) is 0 Å². The summed E-state index contributed by atoms with van der Waals surface area (Å²) in [7, 11) is 0. The van der Waals surface area contributed by atoms with Crippen LogP contribution in [0.1, 0.15) is 84.8 Å². The van der Waals surface area contributed by atoms with Crippen molar-refractivity contribution in [3.63, 3.8) is 0 Å². The molecule has 12 heteroatoms. The highest BCUT2D eigenvalue weighted by Gasteiger charge is 2.44. The van der Waals surface area contributed by atoms with Crippen molar-refractivity contribution in [1.29, 1.82) is 0 Å². The highest BCUT2D eigenvalue weighted by atomic mass is 19.1. The average molecular weight is 690 g/mol. The number of fused-ring (bicyclic) bond motifs is 1. The molecular weight excluding hydrogens is 651 g/mol. The van der Waals surface area contributed by atoms with E-state index in [4.69, 9.17) is 9.15 Å². The van der Waals surface area contributed by atoms with Crippen LogP contribution in [0.15, 0.2) is 77.2 Å². The second-order valence-electron chi connectivity index (χ2n) is 13.3. The number of amides is 3. The number of hydrogen-bond acceptors (Lipinski definition) is 7. The number of imide groups is 1. The number of benzene rings is 3. The SMILES string of the molecule is CC(=O)OC(C)C(=O)N(CCC(CF)N1C(=O)c2ccccc2C1=O)[C@@H](c1nc(-c2cc(F)ccc2F)oc1Cc1ccccc1)C(C)(C)C. The lowest BCUT2D eigenvalue weighted by molar-refractivity contribution is -0.160. The third kappa shape index (κ3) is 7.49. The fraction of sp³-hybridized carbons (Fsp3) is 0.342. The molecule has 2 unspecified atom stereocenters. The van der Waals surface area contributed by atoms with Gasteiger partial charge in [0.15, 0.2) is 6.10 Å². The minimum absolute atomic E-state index is 0.158. The minimum Gasteiger partial charge on any atom is -0.453 e. The molecule has 0 N–H and O–H groups in total. The first kappa shape index (κ1) is 36.0. The second kappa shape index (κ2) is 14.7. The number of esters is 1. The standard InChI is InChI=1S/C38H38F3N3O6/c1-22(49-23(2)45)35(46)43(18-17-26(21-39)44-36(47)27-13-9-10-14-28(27)37(44)48)33(38(3,4)5)32-31(19-24-11-7-6-8-12-24)50-34(42-32)29-20-25(40)15-16-30(29)41/h6-16,20,22,26,33H,17-19,21H2,1-5H3/t22?,26?,33-/m0/s1. The first-order valence-corrected chi connectivity index (χ1v) is 16.2. The molecule has 2 heterocycles. The molecule has 0 saturated carbocycles. The van der Waals surface area contributed by atoms with Gasteiger partial charge in [-0.2, -0.15) is 0 Å². The number of nitrogens with zero attached hydrogens (tertiary/aromatic N) is 3. The van der Waals surface area contributed by atoms with Crippen LogP contribution in [-0.4, -0.2) is 63.8 Å². The van der Waals surface area contributed by atoms with Crippen molar-refractivity contribution in [2.24, 2.45) is 5.41 Å². The lowest BCUT2D eigenvalue weighted by Gasteiger charge is -2.41. The van der Waals surface area contributed by atoms with Gasteiger partial charge in [-0.05, 0) is 54.7 Å². The Bertz CT molecular complexity index is 1870. The predicted octanol–water partition coefficient (Wildman–Crippen LogP) is 7.10. The number of alkyl halides is 1. The van der Waals surface area contributed by atoms with E-state index in [1.165, 1.54) is 24.0 Å². The molecule has 3 aromatic carbocycles. The normalized spacial score (nSPS) is 14.7. The maximum absolute atomic E-state index is 15.1. The van der Waals surface area contributed by atoms with Gasteiger partial charge in [-0.3, -0.25) is 24.1 Å². The summed E-state index contributed by atoms with van der Waals surface area (Å²) in [6.07, 6.45) is -1.30. The Morgan fingerprint density at radius 2 is 1.56 bits per heavy atom. The van der Waals surface area contributed by atoms with Gasteiger partial charge in [0.25, 0.3) is 17.7 Å². The fourth-order valence-electron chi connectivity index (χ4n) is 6.29. The Morgan fingerprint density at radius 1 is 0.940 bits per heavy atom. The second-order valence-corrected chi connectivity index (χ2v) is 13.3. The monoisotopic (exact) mass is 689 g/mol. The van der Waals surface area contributed by atoms with Gasteiger partial charge >= 0.3 is 5.97 Å². The van der Waals surface area contributed by atoms with Crippen LogP contribution in [0.5, 0.6) is 0 Å². The summed E-state index contributed by atoms with van der Waals surface area (Å²) in [6.45, 7) is 6.74. The van der Waals surface area contributed by atoms with Gasteiger partial charge in [0, 0.05) is 19.9 Å². The summed E-state index contributed by atoms with van der Waals surface area (Å²) < 4.78 is 55.6. The topological polar surface area (TPSA) is 110 Å². The summed E-state index contributed by atoms with van der Waals surface area (Å²) in [5.74, 6) is -4.10. The number of carbonyl (C=O) groups is 4. The van der Waals surface area contributed by atoms with Gasteiger partial charge < -0.3 is 14.1 Å². The van der Waals surface area contributed by atoms with E-state index >= 15 is 4.39 Å². The number of carbonyl (C=O) groups excluding carboxylic acids is 4. The van der Waals surface area contributed by atoms with Crippen LogP contribution in [0.25, 0.3) is 11.5 Å². The molecule has 1 aromatic heterocycles. The lowest BCUT2D eigenvalue weighted by Crippen LogP contribution is -2.49. The predicted molar refractivity (Wildman–Crippen MR) is 178 cm³/mol. The molecule has 0 aliphatic carbocycles. The zero-order chi connectivity index (χ0) is 36.3. The number of halogens is 3. The van der Waals surface area contributed by atoms with E-state index in [1.54, 1.807) is 12.1 Å². The number of rotatable bonds is 12. The van der Waals surface area contributed by atoms with E-state index in [1.807, 2.05) is 51.1 Å². The number of aromatic nitrogens is 1. The fourth-order valence-corrected chi connectivity index (χ4v) is 6.29. The largest absolute Gasteiger partial charge is 0.453 e. The van der Waals surface area contributed by atoms with Crippen LogP contribution in [0, 0.1) is 17.0 Å². The molecule has 9 nitrogen and oxygen atoms in total. The van der Waals surface area contributed by atoms with Gasteiger partial charge in [-0.1, -0.05) is 63.2 Å². The zero-order valence-electron chi connectivity index (χ0n) is 28.4. The van der Waals surface area contributed by atoms with Crippen molar-refractivity contribution < 1.29 is 41.5 Å². The van der Waals surface area contributed by atoms with E-state index in [2.05, 4.69) is 4.98 Å². The summed E-state index contributed by atoms with van der Waals surface area (Å²) in [6, 6.07) is 16.1. The average Bonchev–Trinajstić information content (AvgIpc) is 3.58. The Hall–Kier alpha value is -5.26. The first-order valence-electron chi connectivity index (χ1n) is 16.2. The maximum Gasteiger partial charge on any atom is 0.303 e. The minimum atomic E-state index is -1.29. The number of hydrogen-bond donors (Lipinski definition) is 0. The molecule has 1 aliphatic rings. The molecule has 0 radical (unpaired) electrons. The molecule has 0 bridgehead atoms. The van der Waals surface area contributed by atoms with Crippen LogP contribution in [0.3, 0.4) is 0 Å². The smallest absolute Gasteiger partial charge is 0.303 e. The molecule has 0 spiro atoms. The maximum atomic E-state index is 15.1. The van der Waals surface area contributed by atoms with Crippen LogP contribution >= 0.6 is 0 Å². The third-order valence-corrected chi connectivity index (χ3v) is 8.53. The van der Waals surface area contributed by atoms with Crippen LogP contribution in [-0.2, 0) is 20.7 Å². The van der Waals surface area contributed by atoms with Crippen LogP contribution in [0.2, 0.25) is 0 Å². The highest BCUT2D eigenvalue weighted by molar-refractivity contribution is 6.21. The summed E-state index contributed by atoms with van der Waals surface area (Å²) >= 11 is 0. The molecule has 1 aliphatic heterocycles. The van der Waals surface area contributed by atoms with Gasteiger partial charge in [-0.15, -0.1) is 0 Å². The molecule has 0 saturated heterocycles. The first-order chi connectivity index (χ1) is 23.7. The van der Waals surface area contributed by atoms with Crippen LogP contribution in [0.4, 0.5) is 13.2 Å². The van der Waals surface area contributed by atoms with Crippen molar-refractivity contribution in [1.82, 2.24) is 14.8 Å².